The predicted molar refractivity (Wildman–Crippen MR) is 149 cm³/mol. The van der Waals surface area contributed by atoms with Crippen LogP contribution in [0.1, 0.15) is 42.4 Å². The lowest BCUT2D eigenvalue weighted by molar-refractivity contribution is -0.384. The molecule has 0 saturated carbocycles. The molecular formula is C28H25N5O4S. The van der Waals surface area contributed by atoms with Gasteiger partial charge >= 0.3 is 0 Å². The molecule has 4 aromatic rings. The third-order valence-electron chi connectivity index (χ3n) is 6.46. The quantitative estimate of drug-likeness (QED) is 0.169. The fraction of sp³-hybridized carbons (Fsp3) is 0.179. The highest BCUT2D eigenvalue weighted by Gasteiger charge is 2.42. The average Bonchev–Trinajstić information content (AvgIpc) is 3.55. The van der Waals surface area contributed by atoms with Crippen molar-refractivity contribution in [3.05, 3.63) is 106 Å². The molecule has 2 atom stereocenters. The molecule has 2 aromatic heterocycles. The number of rotatable bonds is 7. The second kappa shape index (κ2) is 10.4. The number of carbonyl (C=O) groups is 1. The van der Waals surface area contributed by atoms with Gasteiger partial charge in [-0.05, 0) is 79.3 Å². The van der Waals surface area contributed by atoms with Crippen LogP contribution in [-0.2, 0) is 4.79 Å². The first-order valence-corrected chi connectivity index (χ1v) is 12.5. The fourth-order valence-corrected chi connectivity index (χ4v) is 4.86. The minimum absolute atomic E-state index is 0.0150. The number of furan rings is 1. The van der Waals surface area contributed by atoms with Crippen molar-refractivity contribution in [1.29, 1.82) is 0 Å². The van der Waals surface area contributed by atoms with Gasteiger partial charge in [0.05, 0.1) is 16.7 Å². The van der Waals surface area contributed by atoms with E-state index in [0.29, 0.717) is 23.1 Å². The van der Waals surface area contributed by atoms with Crippen LogP contribution in [0, 0.1) is 17.0 Å². The van der Waals surface area contributed by atoms with E-state index in [1.54, 1.807) is 18.3 Å². The highest BCUT2D eigenvalue weighted by molar-refractivity contribution is 7.80. The number of non-ortho nitro benzene ring substituents is 1. The van der Waals surface area contributed by atoms with E-state index < -0.39 is 4.92 Å². The van der Waals surface area contributed by atoms with E-state index in [9.17, 15) is 14.9 Å². The molecule has 1 aliphatic rings. The van der Waals surface area contributed by atoms with Crippen LogP contribution < -0.4 is 15.5 Å². The van der Waals surface area contributed by atoms with Crippen molar-refractivity contribution < 1.29 is 14.1 Å². The minimum Gasteiger partial charge on any atom is -0.459 e. The Labute approximate surface area is 224 Å². The molecule has 3 heterocycles. The van der Waals surface area contributed by atoms with Crippen molar-refractivity contribution in [1.82, 2.24) is 10.3 Å². The summed E-state index contributed by atoms with van der Waals surface area (Å²) in [6.07, 6.45) is 2.13. The highest BCUT2D eigenvalue weighted by Crippen LogP contribution is 2.43. The fourth-order valence-electron chi connectivity index (χ4n) is 4.51. The lowest BCUT2D eigenvalue weighted by Crippen LogP contribution is -2.29. The van der Waals surface area contributed by atoms with Gasteiger partial charge in [0.2, 0.25) is 5.91 Å². The Morgan fingerprint density at radius 3 is 2.61 bits per heavy atom. The van der Waals surface area contributed by atoms with E-state index >= 15 is 0 Å². The van der Waals surface area contributed by atoms with Gasteiger partial charge in [0, 0.05) is 41.7 Å². The van der Waals surface area contributed by atoms with Crippen molar-refractivity contribution in [2.24, 2.45) is 0 Å². The smallest absolute Gasteiger partial charge is 0.269 e. The Balaban J connectivity index is 1.54. The molecule has 5 rings (SSSR count). The first kappa shape index (κ1) is 25.1. The van der Waals surface area contributed by atoms with Crippen molar-refractivity contribution in [3.63, 3.8) is 0 Å². The van der Waals surface area contributed by atoms with E-state index in [4.69, 9.17) is 16.6 Å². The molecule has 1 fully saturated rings. The number of aromatic nitrogens is 1. The van der Waals surface area contributed by atoms with Crippen LogP contribution in [0.15, 0.2) is 83.4 Å². The molecule has 38 heavy (non-hydrogen) atoms. The average molecular weight is 528 g/mol. The van der Waals surface area contributed by atoms with Crippen LogP contribution in [0.3, 0.4) is 0 Å². The van der Waals surface area contributed by atoms with Crippen molar-refractivity contribution in [3.8, 4) is 11.3 Å². The zero-order valence-corrected chi connectivity index (χ0v) is 21.6. The summed E-state index contributed by atoms with van der Waals surface area (Å²) in [6, 6.07) is 20.8. The van der Waals surface area contributed by atoms with Crippen molar-refractivity contribution in [2.75, 3.05) is 10.2 Å². The summed E-state index contributed by atoms with van der Waals surface area (Å²) < 4.78 is 6.33. The normalized spacial score (nSPS) is 16.8. The van der Waals surface area contributed by atoms with Gasteiger partial charge in [-0.25, -0.2) is 0 Å². The predicted octanol–water partition coefficient (Wildman–Crippen LogP) is 6.08. The van der Waals surface area contributed by atoms with Gasteiger partial charge in [0.15, 0.2) is 5.11 Å². The monoisotopic (exact) mass is 527 g/mol. The van der Waals surface area contributed by atoms with Crippen LogP contribution in [0.25, 0.3) is 11.3 Å². The molecule has 2 N–H and O–H groups in total. The SMILES string of the molecule is CCC(=O)Nc1ccc(N2C(=S)N[C@@H](c3ccccn3)[C@@H]2c2ccc(-c3ccc([N+](=O)[O-])cc3)o2)cc1C. The number of benzene rings is 2. The molecule has 0 unspecified atom stereocenters. The number of pyridine rings is 1. The molecule has 10 heteroatoms. The van der Waals surface area contributed by atoms with Gasteiger partial charge in [-0.1, -0.05) is 13.0 Å². The number of nitrogens with one attached hydrogen (secondary N) is 2. The summed E-state index contributed by atoms with van der Waals surface area (Å²) in [5.41, 5.74) is 4.03. The van der Waals surface area contributed by atoms with Crippen LogP contribution in [0.5, 0.6) is 0 Å². The second-order valence-electron chi connectivity index (χ2n) is 8.90. The number of nitrogens with zero attached hydrogens (tertiary/aromatic N) is 3. The number of nitro benzene ring substituents is 1. The molecule has 192 valence electrons. The van der Waals surface area contributed by atoms with E-state index in [1.165, 1.54) is 12.1 Å². The van der Waals surface area contributed by atoms with Gasteiger partial charge < -0.3 is 20.0 Å². The summed E-state index contributed by atoms with van der Waals surface area (Å²) in [6.45, 7) is 3.75. The molecule has 0 aliphatic carbocycles. The van der Waals surface area contributed by atoms with Crippen LogP contribution in [-0.4, -0.2) is 20.9 Å². The second-order valence-corrected chi connectivity index (χ2v) is 9.29. The minimum atomic E-state index is -0.432. The Morgan fingerprint density at radius 2 is 1.95 bits per heavy atom. The molecule has 1 amide bonds. The van der Waals surface area contributed by atoms with Gasteiger partial charge in [-0.15, -0.1) is 0 Å². The molecule has 9 nitrogen and oxygen atoms in total. The van der Waals surface area contributed by atoms with Gasteiger partial charge in [0.1, 0.15) is 17.6 Å². The molecule has 2 aromatic carbocycles. The molecule has 1 aliphatic heterocycles. The molecule has 0 radical (unpaired) electrons. The number of aryl methyl sites for hydroxylation is 1. The third kappa shape index (κ3) is 4.85. The lowest BCUT2D eigenvalue weighted by Gasteiger charge is -2.26. The van der Waals surface area contributed by atoms with E-state index in [1.807, 2.05) is 67.3 Å². The zero-order valence-electron chi connectivity index (χ0n) is 20.8. The molecular weight excluding hydrogens is 502 g/mol. The largest absolute Gasteiger partial charge is 0.459 e. The van der Waals surface area contributed by atoms with Crippen molar-refractivity contribution in [2.45, 2.75) is 32.4 Å². The zero-order chi connectivity index (χ0) is 26.8. The number of nitro groups is 1. The number of hydrogen-bond acceptors (Lipinski definition) is 6. The maximum atomic E-state index is 11.9. The van der Waals surface area contributed by atoms with Crippen LogP contribution in [0.2, 0.25) is 0 Å². The standard InChI is InChI=1S/C28H25N5O4S/c1-3-25(34)30-21-12-11-20(16-17(21)2)32-27(26(31-28(32)38)22-6-4-5-15-29-22)24-14-13-23(37-24)18-7-9-19(10-8-18)33(35)36/h4-16,26-27H,3H2,1-2H3,(H,30,34)(H,31,38)/t26-,27-/m0/s1. The maximum absolute atomic E-state index is 11.9. The van der Waals surface area contributed by atoms with Gasteiger partial charge in [0.25, 0.3) is 5.69 Å². The topological polar surface area (TPSA) is 114 Å². The highest BCUT2D eigenvalue weighted by atomic mass is 32.1. The maximum Gasteiger partial charge on any atom is 0.269 e. The summed E-state index contributed by atoms with van der Waals surface area (Å²) in [5, 5.41) is 17.9. The number of hydrogen-bond donors (Lipinski definition) is 2. The van der Waals surface area contributed by atoms with Crippen LogP contribution in [0.4, 0.5) is 17.1 Å². The van der Waals surface area contributed by atoms with Gasteiger partial charge in [-0.2, -0.15) is 0 Å². The number of carbonyl (C=O) groups excluding carboxylic acids is 1. The van der Waals surface area contributed by atoms with E-state index in [0.717, 1.165) is 28.2 Å². The summed E-state index contributed by atoms with van der Waals surface area (Å²) >= 11 is 5.79. The Morgan fingerprint density at radius 1 is 1.16 bits per heavy atom. The molecule has 0 spiro atoms. The van der Waals surface area contributed by atoms with Crippen LogP contribution >= 0.6 is 12.2 Å². The molecule has 1 saturated heterocycles. The Hall–Kier alpha value is -4.57. The third-order valence-corrected chi connectivity index (χ3v) is 6.78. The number of thiocarbonyl (C=S) groups is 1. The first-order chi connectivity index (χ1) is 18.4. The van der Waals surface area contributed by atoms with E-state index in [2.05, 4.69) is 15.6 Å². The lowest BCUT2D eigenvalue weighted by atomic mass is 10.0. The molecule has 0 bridgehead atoms. The summed E-state index contributed by atoms with van der Waals surface area (Å²) in [4.78, 5) is 29.1. The van der Waals surface area contributed by atoms with Crippen molar-refractivity contribution >= 4 is 40.3 Å². The summed E-state index contributed by atoms with van der Waals surface area (Å²) in [5.74, 6) is 1.19. The number of anilines is 2. The Bertz CT molecular complexity index is 1500. The first-order valence-electron chi connectivity index (χ1n) is 12.1. The summed E-state index contributed by atoms with van der Waals surface area (Å²) in [7, 11) is 0. The van der Waals surface area contributed by atoms with Gasteiger partial charge in [-0.3, -0.25) is 19.9 Å². The Kier molecular flexibility index (Phi) is 6.89. The number of amides is 1. The van der Waals surface area contributed by atoms with E-state index in [-0.39, 0.29) is 23.7 Å².